The second kappa shape index (κ2) is 5.11. The number of nitrogens with zero attached hydrogens (tertiary/aromatic N) is 2. The van der Waals surface area contributed by atoms with E-state index in [4.69, 9.17) is 5.73 Å². The van der Waals surface area contributed by atoms with Crippen molar-refractivity contribution in [2.24, 2.45) is 0 Å². The third-order valence-electron chi connectivity index (χ3n) is 2.77. The van der Waals surface area contributed by atoms with Crippen molar-refractivity contribution in [3.05, 3.63) is 50.6 Å². The Morgan fingerprint density at radius 1 is 1.00 bits per heavy atom. The molecule has 0 fully saturated rings. The van der Waals surface area contributed by atoms with Crippen LogP contribution < -0.4 is 5.73 Å². The van der Waals surface area contributed by atoms with Gasteiger partial charge in [-0.15, -0.1) is 22.7 Å². The first-order valence-electron chi connectivity index (χ1n) is 5.92. The number of hydrogen-bond donors (Lipinski definition) is 1. The first kappa shape index (κ1) is 12.3. The molecule has 0 unspecified atom stereocenters. The van der Waals surface area contributed by atoms with E-state index in [0.717, 1.165) is 33.5 Å². The number of rotatable bonds is 3. The van der Waals surface area contributed by atoms with Gasteiger partial charge >= 0.3 is 0 Å². The first-order valence-corrected chi connectivity index (χ1v) is 7.68. The van der Waals surface area contributed by atoms with Gasteiger partial charge in [-0.1, -0.05) is 12.1 Å². The van der Waals surface area contributed by atoms with Gasteiger partial charge in [0.25, 0.3) is 0 Å². The number of aromatic nitrogens is 2. The smallest absolute Gasteiger partial charge is 0.101 e. The fourth-order valence-corrected chi connectivity index (χ4v) is 3.23. The maximum absolute atomic E-state index is 5.68. The number of benzene rings is 1. The van der Waals surface area contributed by atoms with Crippen molar-refractivity contribution in [2.45, 2.75) is 13.3 Å². The lowest BCUT2D eigenvalue weighted by Crippen LogP contribution is -1.89. The van der Waals surface area contributed by atoms with Crippen molar-refractivity contribution in [3.8, 4) is 11.4 Å². The number of nitrogens with two attached hydrogens (primary N) is 1. The Morgan fingerprint density at radius 3 is 2.37 bits per heavy atom. The lowest BCUT2D eigenvalue weighted by atomic mass is 10.1. The zero-order chi connectivity index (χ0) is 13.2. The normalized spacial score (nSPS) is 10.8. The molecule has 0 aliphatic rings. The van der Waals surface area contributed by atoms with Crippen LogP contribution in [-0.2, 0) is 6.42 Å². The van der Waals surface area contributed by atoms with E-state index in [2.05, 4.69) is 20.7 Å². The van der Waals surface area contributed by atoms with Crippen molar-refractivity contribution in [2.75, 3.05) is 5.73 Å². The summed E-state index contributed by atoms with van der Waals surface area (Å²) >= 11 is 3.33. The topological polar surface area (TPSA) is 51.8 Å². The van der Waals surface area contributed by atoms with Crippen molar-refractivity contribution in [1.82, 2.24) is 9.97 Å². The minimum atomic E-state index is 0.793. The van der Waals surface area contributed by atoms with Crippen LogP contribution in [0.3, 0.4) is 0 Å². The van der Waals surface area contributed by atoms with Gasteiger partial charge in [-0.3, -0.25) is 0 Å². The fraction of sp³-hybridized carbons (Fsp3) is 0.143. The molecule has 0 radical (unpaired) electrons. The first-order chi connectivity index (χ1) is 9.20. The number of hydrogen-bond acceptors (Lipinski definition) is 5. The van der Waals surface area contributed by atoms with Crippen molar-refractivity contribution < 1.29 is 0 Å². The van der Waals surface area contributed by atoms with Crippen LogP contribution in [0.25, 0.3) is 11.4 Å². The summed E-state index contributed by atoms with van der Waals surface area (Å²) < 4.78 is 0. The molecule has 0 aliphatic carbocycles. The summed E-state index contributed by atoms with van der Waals surface area (Å²) in [7, 11) is 0. The molecule has 0 amide bonds. The van der Waals surface area contributed by atoms with E-state index in [1.54, 1.807) is 22.7 Å². The molecule has 0 saturated carbocycles. The molecular weight excluding hydrogens is 274 g/mol. The van der Waals surface area contributed by atoms with E-state index in [-0.39, 0.29) is 0 Å². The molecule has 2 heterocycles. The van der Waals surface area contributed by atoms with Crippen LogP contribution in [0.2, 0.25) is 0 Å². The number of nitrogen functional groups attached to an aromatic ring is 1. The average molecular weight is 287 g/mol. The van der Waals surface area contributed by atoms with E-state index < -0.39 is 0 Å². The largest absolute Gasteiger partial charge is 0.399 e. The van der Waals surface area contributed by atoms with Gasteiger partial charge in [0.2, 0.25) is 0 Å². The van der Waals surface area contributed by atoms with E-state index in [9.17, 15) is 0 Å². The molecule has 0 saturated heterocycles. The third-order valence-corrected chi connectivity index (χ3v) is 4.39. The van der Waals surface area contributed by atoms with Crippen molar-refractivity contribution in [1.29, 1.82) is 0 Å². The molecule has 0 aliphatic heterocycles. The number of aryl methyl sites for hydroxylation is 1. The lowest BCUT2D eigenvalue weighted by Gasteiger charge is -1.98. The molecule has 3 aromatic rings. The van der Waals surface area contributed by atoms with Gasteiger partial charge in [-0.2, -0.15) is 0 Å². The number of anilines is 1. The molecular formula is C14H13N3S2. The predicted molar refractivity (Wildman–Crippen MR) is 81.6 cm³/mol. The van der Waals surface area contributed by atoms with Crippen LogP contribution in [0.4, 0.5) is 5.69 Å². The van der Waals surface area contributed by atoms with Crippen LogP contribution in [0, 0.1) is 6.92 Å². The van der Waals surface area contributed by atoms with Gasteiger partial charge in [0.05, 0.1) is 10.0 Å². The Labute approximate surface area is 119 Å². The third kappa shape index (κ3) is 2.83. The van der Waals surface area contributed by atoms with Crippen LogP contribution >= 0.6 is 22.7 Å². The summed E-state index contributed by atoms with van der Waals surface area (Å²) in [5, 5.41) is 6.30. The van der Waals surface area contributed by atoms with E-state index in [0.29, 0.717) is 0 Å². The van der Waals surface area contributed by atoms with Crippen LogP contribution in [0.15, 0.2) is 35.0 Å². The molecule has 2 N–H and O–H groups in total. The van der Waals surface area contributed by atoms with Crippen molar-refractivity contribution >= 4 is 28.4 Å². The molecule has 3 rings (SSSR count). The minimum Gasteiger partial charge on any atom is -0.399 e. The van der Waals surface area contributed by atoms with Gasteiger partial charge < -0.3 is 5.73 Å². The van der Waals surface area contributed by atoms with Gasteiger partial charge in [0, 0.05) is 22.9 Å². The molecule has 0 atom stereocenters. The maximum atomic E-state index is 5.68. The van der Waals surface area contributed by atoms with E-state index in [1.165, 1.54) is 5.56 Å². The highest BCUT2D eigenvalue weighted by Gasteiger charge is 2.08. The molecule has 0 spiro atoms. The summed E-state index contributed by atoms with van der Waals surface area (Å²) in [6, 6.07) is 7.94. The Balaban J connectivity index is 1.80. The Morgan fingerprint density at radius 2 is 1.68 bits per heavy atom. The molecule has 1 aromatic carbocycles. The highest BCUT2D eigenvalue weighted by Crippen LogP contribution is 2.24. The number of thiazole rings is 2. The zero-order valence-electron chi connectivity index (χ0n) is 10.5. The second-order valence-corrected chi connectivity index (χ2v) is 6.30. The van der Waals surface area contributed by atoms with Gasteiger partial charge in [0.1, 0.15) is 11.4 Å². The monoisotopic (exact) mass is 287 g/mol. The molecule has 3 nitrogen and oxygen atoms in total. The van der Waals surface area contributed by atoms with Crippen LogP contribution in [0.1, 0.15) is 15.6 Å². The van der Waals surface area contributed by atoms with Crippen molar-refractivity contribution in [3.63, 3.8) is 0 Å². The van der Waals surface area contributed by atoms with E-state index >= 15 is 0 Å². The van der Waals surface area contributed by atoms with Crippen LogP contribution in [0.5, 0.6) is 0 Å². The quantitative estimate of drug-likeness (QED) is 0.746. The standard InChI is InChI=1S/C14H13N3S2/c1-9-16-12(7-18-9)13-8-19-14(17-13)6-10-2-4-11(15)5-3-10/h2-5,7-8H,6,15H2,1H3. The summed E-state index contributed by atoms with van der Waals surface area (Å²) in [6.07, 6.45) is 0.841. The van der Waals surface area contributed by atoms with Gasteiger partial charge in [0.15, 0.2) is 0 Å². The Hall–Kier alpha value is -1.72. The lowest BCUT2D eigenvalue weighted by molar-refractivity contribution is 1.13. The molecule has 19 heavy (non-hydrogen) atoms. The Kier molecular flexibility index (Phi) is 3.31. The summed E-state index contributed by atoms with van der Waals surface area (Å²) in [5.41, 5.74) is 9.65. The molecule has 2 aromatic heterocycles. The second-order valence-electron chi connectivity index (χ2n) is 4.30. The maximum Gasteiger partial charge on any atom is 0.101 e. The molecule has 0 bridgehead atoms. The summed E-state index contributed by atoms with van der Waals surface area (Å²) in [4.78, 5) is 9.10. The highest BCUT2D eigenvalue weighted by atomic mass is 32.1. The predicted octanol–water partition coefficient (Wildman–Crippen LogP) is 3.75. The summed E-state index contributed by atoms with van der Waals surface area (Å²) in [5.74, 6) is 0. The zero-order valence-corrected chi connectivity index (χ0v) is 12.1. The average Bonchev–Trinajstić information content (AvgIpc) is 3.01. The molecule has 5 heteroatoms. The SMILES string of the molecule is Cc1nc(-c2csc(Cc3ccc(N)cc3)n2)cs1. The Bertz CT molecular complexity index is 683. The fourth-order valence-electron chi connectivity index (χ4n) is 1.80. The van der Waals surface area contributed by atoms with Crippen LogP contribution in [-0.4, -0.2) is 9.97 Å². The molecule has 96 valence electrons. The summed E-state index contributed by atoms with van der Waals surface area (Å²) in [6.45, 7) is 2.01. The minimum absolute atomic E-state index is 0.793. The highest BCUT2D eigenvalue weighted by molar-refractivity contribution is 7.10. The van der Waals surface area contributed by atoms with Gasteiger partial charge in [-0.05, 0) is 24.6 Å². The van der Waals surface area contributed by atoms with Gasteiger partial charge in [-0.25, -0.2) is 9.97 Å². The van der Waals surface area contributed by atoms with E-state index in [1.807, 2.05) is 31.2 Å².